The number of aliphatic hydroxyl groups excluding tert-OH is 1. The number of methoxy groups -OCH3 is 1. The minimum absolute atomic E-state index is 0.120. The molecule has 4 heteroatoms. The molecular weight excluding hydrogens is 220 g/mol. The second-order valence-corrected chi connectivity index (χ2v) is 4.95. The number of carbonyl (C=O) groups excluding carboxylic acids is 2. The number of hydrogen-bond acceptors (Lipinski definition) is 4. The largest absolute Gasteiger partial charge is 0.507 e. The van der Waals surface area contributed by atoms with Crippen LogP contribution in [-0.4, -0.2) is 23.8 Å². The first-order valence-corrected chi connectivity index (χ1v) is 5.51. The summed E-state index contributed by atoms with van der Waals surface area (Å²) >= 11 is 0. The third-order valence-electron chi connectivity index (χ3n) is 2.93. The molecule has 94 valence electrons. The van der Waals surface area contributed by atoms with Crippen LogP contribution in [0.4, 0.5) is 0 Å². The number of rotatable bonds is 3. The normalized spacial score (nSPS) is 19.4. The summed E-state index contributed by atoms with van der Waals surface area (Å²) < 4.78 is 5.07. The molecule has 0 amide bonds. The topological polar surface area (TPSA) is 63.6 Å². The van der Waals surface area contributed by atoms with Crippen molar-refractivity contribution in [3.05, 3.63) is 23.2 Å². The summed E-state index contributed by atoms with van der Waals surface area (Å²) in [5.41, 5.74) is -1.04. The summed E-state index contributed by atoms with van der Waals surface area (Å²) in [5, 5.41) is 9.77. The van der Waals surface area contributed by atoms with E-state index in [4.69, 9.17) is 4.74 Å². The number of hydrogen-bond donors (Lipinski definition) is 1. The Kier molecular flexibility index (Phi) is 3.45. The Labute approximate surface area is 101 Å². The average molecular weight is 238 g/mol. The van der Waals surface area contributed by atoms with Crippen LogP contribution in [0.1, 0.15) is 27.7 Å². The molecule has 0 unspecified atom stereocenters. The van der Waals surface area contributed by atoms with Gasteiger partial charge in [-0.25, -0.2) is 0 Å². The molecule has 0 bridgehead atoms. The molecule has 0 radical (unpaired) electrons. The van der Waals surface area contributed by atoms with Gasteiger partial charge >= 0.3 is 0 Å². The zero-order chi connectivity index (χ0) is 13.4. The quantitative estimate of drug-likeness (QED) is 0.765. The minimum Gasteiger partial charge on any atom is -0.507 e. The number of aliphatic hydroxyl groups is 1. The maximum Gasteiger partial charge on any atom is 0.183 e. The van der Waals surface area contributed by atoms with Crippen molar-refractivity contribution in [1.29, 1.82) is 0 Å². The molecule has 0 spiro atoms. The second kappa shape index (κ2) is 4.35. The van der Waals surface area contributed by atoms with Gasteiger partial charge in [0, 0.05) is 12.0 Å². The Morgan fingerprint density at radius 1 is 1.41 bits per heavy atom. The van der Waals surface area contributed by atoms with E-state index in [2.05, 4.69) is 0 Å². The second-order valence-electron chi connectivity index (χ2n) is 4.95. The van der Waals surface area contributed by atoms with E-state index in [0.29, 0.717) is 5.76 Å². The highest BCUT2D eigenvalue weighted by molar-refractivity contribution is 6.24. The van der Waals surface area contributed by atoms with Crippen LogP contribution in [0.2, 0.25) is 0 Å². The van der Waals surface area contributed by atoms with Gasteiger partial charge in [0.25, 0.3) is 0 Å². The van der Waals surface area contributed by atoms with Gasteiger partial charge in [-0.05, 0) is 13.8 Å². The predicted octanol–water partition coefficient (Wildman–Crippen LogP) is 2.16. The maximum absolute atomic E-state index is 12.2. The van der Waals surface area contributed by atoms with E-state index >= 15 is 0 Å². The van der Waals surface area contributed by atoms with E-state index in [1.54, 1.807) is 27.7 Å². The fourth-order valence-electron chi connectivity index (χ4n) is 1.76. The molecule has 1 rings (SSSR count). The summed E-state index contributed by atoms with van der Waals surface area (Å²) in [7, 11) is 1.43. The molecular formula is C13H18O4. The van der Waals surface area contributed by atoms with Gasteiger partial charge < -0.3 is 9.84 Å². The van der Waals surface area contributed by atoms with Crippen molar-refractivity contribution in [2.24, 2.45) is 11.3 Å². The van der Waals surface area contributed by atoms with Gasteiger partial charge in [0.1, 0.15) is 17.1 Å². The predicted molar refractivity (Wildman–Crippen MR) is 63.4 cm³/mol. The lowest BCUT2D eigenvalue weighted by atomic mass is 9.76. The monoisotopic (exact) mass is 238 g/mol. The molecule has 0 aromatic rings. The zero-order valence-corrected chi connectivity index (χ0v) is 10.8. The molecule has 0 saturated carbocycles. The highest BCUT2D eigenvalue weighted by atomic mass is 16.5. The average Bonchev–Trinajstić information content (AvgIpc) is 2.23. The van der Waals surface area contributed by atoms with Crippen LogP contribution in [0.5, 0.6) is 0 Å². The van der Waals surface area contributed by atoms with Gasteiger partial charge in [0.15, 0.2) is 11.6 Å². The molecule has 0 saturated heterocycles. The maximum atomic E-state index is 12.2. The van der Waals surface area contributed by atoms with Crippen molar-refractivity contribution in [2.75, 3.05) is 7.11 Å². The Morgan fingerprint density at radius 3 is 2.35 bits per heavy atom. The van der Waals surface area contributed by atoms with Gasteiger partial charge in [0.2, 0.25) is 0 Å². The van der Waals surface area contributed by atoms with Crippen molar-refractivity contribution in [3.63, 3.8) is 0 Å². The summed E-state index contributed by atoms with van der Waals surface area (Å²) in [5.74, 6) is -1.00. The molecule has 0 fully saturated rings. The number of ether oxygens (including phenoxy) is 1. The summed E-state index contributed by atoms with van der Waals surface area (Å²) in [6.07, 6.45) is 1.34. The Bertz CT molecular complexity index is 425. The van der Waals surface area contributed by atoms with Gasteiger partial charge in [-0.1, -0.05) is 13.8 Å². The van der Waals surface area contributed by atoms with E-state index < -0.39 is 11.2 Å². The fraction of sp³-hybridized carbons (Fsp3) is 0.538. The van der Waals surface area contributed by atoms with Gasteiger partial charge in [-0.2, -0.15) is 0 Å². The molecule has 0 atom stereocenters. The van der Waals surface area contributed by atoms with Crippen LogP contribution in [0.25, 0.3) is 0 Å². The lowest BCUT2D eigenvalue weighted by Crippen LogP contribution is -2.36. The molecule has 0 aromatic heterocycles. The number of Topliss-reactive ketones (excluding diaryl/α,β-unsaturated/α-hetero) is 2. The highest BCUT2D eigenvalue weighted by Crippen LogP contribution is 2.37. The van der Waals surface area contributed by atoms with Crippen LogP contribution in [0, 0.1) is 11.3 Å². The van der Waals surface area contributed by atoms with Crippen LogP contribution in [0.3, 0.4) is 0 Å². The fourth-order valence-corrected chi connectivity index (χ4v) is 1.76. The van der Waals surface area contributed by atoms with Gasteiger partial charge in [-0.15, -0.1) is 0 Å². The first-order chi connectivity index (χ1) is 7.73. The van der Waals surface area contributed by atoms with Gasteiger partial charge in [-0.3, -0.25) is 9.59 Å². The zero-order valence-electron chi connectivity index (χ0n) is 10.8. The first-order valence-electron chi connectivity index (χ1n) is 5.51. The Hall–Kier alpha value is -1.58. The van der Waals surface area contributed by atoms with Crippen LogP contribution in [-0.2, 0) is 14.3 Å². The van der Waals surface area contributed by atoms with Crippen LogP contribution in [0.15, 0.2) is 23.2 Å². The van der Waals surface area contributed by atoms with Crippen LogP contribution >= 0.6 is 0 Å². The lowest BCUT2D eigenvalue weighted by molar-refractivity contribution is -0.128. The Balaban J connectivity index is 3.35. The Morgan fingerprint density at radius 2 is 1.94 bits per heavy atom. The van der Waals surface area contributed by atoms with Crippen molar-refractivity contribution in [2.45, 2.75) is 27.7 Å². The van der Waals surface area contributed by atoms with E-state index in [1.165, 1.54) is 13.2 Å². The van der Waals surface area contributed by atoms with Crippen molar-refractivity contribution >= 4 is 11.6 Å². The SMILES string of the molecule is COC1=CC(O)=C(C(=O)C(C)C)C(=O)C1(C)C. The van der Waals surface area contributed by atoms with Crippen molar-refractivity contribution in [1.82, 2.24) is 0 Å². The standard InChI is InChI=1S/C13H18O4/c1-7(2)11(15)10-8(14)6-9(17-5)13(3,4)12(10)16/h6-7,14H,1-5H3. The van der Waals surface area contributed by atoms with Gasteiger partial charge in [0.05, 0.1) is 12.5 Å². The molecule has 0 aromatic carbocycles. The first kappa shape index (κ1) is 13.5. The molecule has 1 aliphatic rings. The molecule has 0 aliphatic heterocycles. The number of ketones is 2. The number of allylic oxidation sites excluding steroid dienone is 3. The minimum atomic E-state index is -0.916. The molecule has 4 nitrogen and oxygen atoms in total. The number of carbonyl (C=O) groups is 2. The highest BCUT2D eigenvalue weighted by Gasteiger charge is 2.42. The third kappa shape index (κ3) is 2.12. The lowest BCUT2D eigenvalue weighted by Gasteiger charge is -2.30. The van der Waals surface area contributed by atoms with Crippen molar-refractivity contribution in [3.8, 4) is 0 Å². The molecule has 1 aliphatic carbocycles. The smallest absolute Gasteiger partial charge is 0.183 e. The molecule has 1 N–H and O–H groups in total. The van der Waals surface area contributed by atoms with E-state index in [-0.39, 0.29) is 23.0 Å². The molecule has 17 heavy (non-hydrogen) atoms. The summed E-state index contributed by atoms with van der Waals surface area (Å²) in [6.45, 7) is 6.73. The summed E-state index contributed by atoms with van der Waals surface area (Å²) in [4.78, 5) is 24.1. The van der Waals surface area contributed by atoms with E-state index in [9.17, 15) is 14.7 Å². The van der Waals surface area contributed by atoms with Crippen LogP contribution < -0.4 is 0 Å². The third-order valence-corrected chi connectivity index (χ3v) is 2.93. The molecule has 0 heterocycles. The van der Waals surface area contributed by atoms with E-state index in [0.717, 1.165) is 0 Å². The van der Waals surface area contributed by atoms with Crippen molar-refractivity contribution < 1.29 is 19.4 Å². The van der Waals surface area contributed by atoms with E-state index in [1.807, 2.05) is 0 Å². The summed E-state index contributed by atoms with van der Waals surface area (Å²) in [6, 6.07) is 0.